The molecule has 306 valence electrons. The van der Waals surface area contributed by atoms with Crippen LogP contribution in [0.5, 0.6) is 0 Å². The minimum Gasteiger partial charge on any atom is -0.0622 e. The van der Waals surface area contributed by atoms with E-state index in [-0.39, 0.29) is 0 Å². The van der Waals surface area contributed by atoms with Gasteiger partial charge in [0.1, 0.15) is 0 Å². The summed E-state index contributed by atoms with van der Waals surface area (Å²) >= 11 is 0. The molecule has 13 rings (SSSR count). The van der Waals surface area contributed by atoms with Crippen LogP contribution in [0.1, 0.15) is 0 Å². The van der Waals surface area contributed by atoms with Gasteiger partial charge in [-0.3, -0.25) is 0 Å². The average Bonchev–Trinajstić information content (AvgIpc) is 3.39. The third kappa shape index (κ3) is 6.07. The summed E-state index contributed by atoms with van der Waals surface area (Å²) in [6.07, 6.45) is 0. The molecule has 0 radical (unpaired) electrons. The van der Waals surface area contributed by atoms with Crippen LogP contribution in [-0.2, 0) is 0 Å². The van der Waals surface area contributed by atoms with Gasteiger partial charge in [0.15, 0.2) is 0 Å². The molecule has 0 unspecified atom stereocenters. The highest BCUT2D eigenvalue weighted by molar-refractivity contribution is 6.24. The molecule has 66 heavy (non-hydrogen) atoms. The third-order valence-corrected chi connectivity index (χ3v) is 13.8. The van der Waals surface area contributed by atoms with E-state index in [1.807, 2.05) is 0 Å². The average molecular weight is 835 g/mol. The van der Waals surface area contributed by atoms with Crippen molar-refractivity contribution in [3.05, 3.63) is 255 Å². The van der Waals surface area contributed by atoms with Crippen molar-refractivity contribution in [2.24, 2.45) is 0 Å². The number of rotatable bonds is 6. The van der Waals surface area contributed by atoms with E-state index in [2.05, 4.69) is 255 Å². The van der Waals surface area contributed by atoms with E-state index in [9.17, 15) is 0 Å². The first-order valence-corrected chi connectivity index (χ1v) is 22.9. The maximum atomic E-state index is 2.46. The molecule has 0 atom stereocenters. The fourth-order valence-electron chi connectivity index (χ4n) is 11.0. The smallest absolute Gasteiger partial charge is 0.00201 e. The van der Waals surface area contributed by atoms with E-state index in [1.54, 1.807) is 0 Å². The van der Waals surface area contributed by atoms with Crippen molar-refractivity contribution in [1.82, 2.24) is 0 Å². The molecule has 0 fully saturated rings. The molecule has 0 spiro atoms. The Balaban J connectivity index is 1.15. The van der Waals surface area contributed by atoms with Gasteiger partial charge in [-0.1, -0.05) is 231 Å². The summed E-state index contributed by atoms with van der Waals surface area (Å²) in [6.45, 7) is 0. The summed E-state index contributed by atoms with van der Waals surface area (Å²) in [5, 5.41) is 15.0. The molecule has 0 aliphatic carbocycles. The minimum absolute atomic E-state index is 1.18. The predicted molar refractivity (Wildman–Crippen MR) is 284 cm³/mol. The zero-order valence-electron chi connectivity index (χ0n) is 36.2. The first-order valence-electron chi connectivity index (χ1n) is 22.9. The van der Waals surface area contributed by atoms with Gasteiger partial charge in [0.05, 0.1) is 0 Å². The number of hydrogen-bond acceptors (Lipinski definition) is 0. The Morgan fingerprint density at radius 2 is 0.470 bits per heavy atom. The monoisotopic (exact) mass is 834 g/mol. The van der Waals surface area contributed by atoms with E-state index in [0.29, 0.717) is 0 Å². The standard InChI is InChI=1S/C66H42/c1-3-21-43(22-4-1)63-54-31-13-15-33-56(54)65(57-34-16-14-32-55(57)63)48-40-46(39-47(41-48)62-42-45-25-7-8-26-49(45)51-28-10-11-29-52(51)62)50-27-9-12-30-53(50)66-60-37-19-17-35-58(60)64(44-23-5-2-6-24-44)59-36-18-20-38-61(59)66/h1-42H. The zero-order chi connectivity index (χ0) is 43.6. The Bertz CT molecular complexity index is 3910. The second-order valence-corrected chi connectivity index (χ2v) is 17.4. The maximum Gasteiger partial charge on any atom is -0.00201 e. The van der Waals surface area contributed by atoms with Gasteiger partial charge >= 0.3 is 0 Å². The summed E-state index contributed by atoms with van der Waals surface area (Å²) in [4.78, 5) is 0. The molecule has 0 saturated heterocycles. The van der Waals surface area contributed by atoms with Crippen LogP contribution in [0, 0.1) is 0 Å². The Hall–Kier alpha value is -8.58. The molecule has 0 heterocycles. The van der Waals surface area contributed by atoms with Crippen LogP contribution in [0.15, 0.2) is 255 Å². The lowest BCUT2D eigenvalue weighted by Gasteiger charge is -2.21. The second kappa shape index (κ2) is 15.6. The normalized spacial score (nSPS) is 11.6. The van der Waals surface area contributed by atoms with Crippen molar-refractivity contribution in [2.75, 3.05) is 0 Å². The van der Waals surface area contributed by atoms with Crippen LogP contribution >= 0.6 is 0 Å². The molecule has 13 aromatic rings. The lowest BCUT2D eigenvalue weighted by Crippen LogP contribution is -1.94. The predicted octanol–water partition coefficient (Wildman–Crippen LogP) is 18.6. The van der Waals surface area contributed by atoms with Gasteiger partial charge in [-0.05, 0) is 156 Å². The highest BCUT2D eigenvalue weighted by atomic mass is 14.3. The number of benzene rings is 13. The first-order chi connectivity index (χ1) is 32.8. The van der Waals surface area contributed by atoms with Crippen molar-refractivity contribution in [2.45, 2.75) is 0 Å². The van der Waals surface area contributed by atoms with Gasteiger partial charge in [0.25, 0.3) is 0 Å². The van der Waals surface area contributed by atoms with E-state index in [0.717, 1.165) is 0 Å². The summed E-state index contributed by atoms with van der Waals surface area (Å²) in [5.74, 6) is 0. The van der Waals surface area contributed by atoms with Gasteiger partial charge in [-0.25, -0.2) is 0 Å². The third-order valence-electron chi connectivity index (χ3n) is 13.8. The molecular weight excluding hydrogens is 793 g/mol. The lowest BCUT2D eigenvalue weighted by atomic mass is 9.82. The number of fused-ring (bicyclic) bond motifs is 7. The largest absolute Gasteiger partial charge is 0.0622 e. The van der Waals surface area contributed by atoms with Crippen molar-refractivity contribution >= 4 is 64.6 Å². The van der Waals surface area contributed by atoms with Crippen LogP contribution in [0.4, 0.5) is 0 Å². The molecule has 0 aromatic heterocycles. The summed E-state index contributed by atoms with van der Waals surface area (Å²) in [7, 11) is 0. The summed E-state index contributed by atoms with van der Waals surface area (Å²) < 4.78 is 0. The molecule has 0 nitrogen and oxygen atoms in total. The topological polar surface area (TPSA) is 0 Å². The fourth-order valence-corrected chi connectivity index (χ4v) is 11.0. The van der Waals surface area contributed by atoms with E-state index in [4.69, 9.17) is 0 Å². The van der Waals surface area contributed by atoms with Crippen LogP contribution in [0.25, 0.3) is 131 Å². The number of hydrogen-bond donors (Lipinski definition) is 0. The minimum atomic E-state index is 1.18. The van der Waals surface area contributed by atoms with Crippen LogP contribution in [0.3, 0.4) is 0 Å². The maximum absolute atomic E-state index is 2.46. The van der Waals surface area contributed by atoms with Gasteiger partial charge in [0, 0.05) is 0 Å². The second-order valence-electron chi connectivity index (χ2n) is 17.4. The fraction of sp³-hybridized carbons (Fsp3) is 0. The van der Waals surface area contributed by atoms with Gasteiger partial charge in [0.2, 0.25) is 0 Å². The van der Waals surface area contributed by atoms with Gasteiger partial charge in [-0.2, -0.15) is 0 Å². The zero-order valence-corrected chi connectivity index (χ0v) is 36.2. The molecule has 0 aliphatic heterocycles. The van der Waals surface area contributed by atoms with Crippen molar-refractivity contribution in [3.63, 3.8) is 0 Å². The Labute approximate surface area is 384 Å². The Morgan fingerprint density at radius 1 is 0.152 bits per heavy atom. The van der Waals surface area contributed by atoms with Crippen LogP contribution < -0.4 is 0 Å². The van der Waals surface area contributed by atoms with Gasteiger partial charge in [-0.15, -0.1) is 0 Å². The van der Waals surface area contributed by atoms with E-state index < -0.39 is 0 Å². The van der Waals surface area contributed by atoms with Crippen molar-refractivity contribution in [3.8, 4) is 66.8 Å². The van der Waals surface area contributed by atoms with Gasteiger partial charge < -0.3 is 0 Å². The Kier molecular flexibility index (Phi) is 8.96. The molecule has 0 heteroatoms. The SMILES string of the molecule is c1ccc(-c2c3ccccc3c(-c3cc(-c4ccccc4-c4c5ccccc5c(-c5ccccc5)c5ccccc45)cc(-c4cc5ccccc5c5ccccc45)c3)c3ccccc23)cc1. The van der Waals surface area contributed by atoms with E-state index in [1.165, 1.54) is 131 Å². The highest BCUT2D eigenvalue weighted by Gasteiger charge is 2.22. The van der Waals surface area contributed by atoms with Crippen LogP contribution in [-0.4, -0.2) is 0 Å². The molecule has 13 aromatic carbocycles. The first kappa shape index (κ1) is 37.9. The highest BCUT2D eigenvalue weighted by Crippen LogP contribution is 2.49. The summed E-state index contributed by atoms with van der Waals surface area (Å²) in [6, 6.07) is 94.4. The summed E-state index contributed by atoms with van der Waals surface area (Å²) in [5.41, 5.74) is 14.7. The molecule has 0 amide bonds. The molecule has 0 N–H and O–H groups in total. The molecule has 0 saturated carbocycles. The molecular formula is C66H42. The van der Waals surface area contributed by atoms with Crippen LogP contribution in [0.2, 0.25) is 0 Å². The quantitative estimate of drug-likeness (QED) is 0.116. The van der Waals surface area contributed by atoms with Crippen molar-refractivity contribution in [1.29, 1.82) is 0 Å². The molecule has 0 aliphatic rings. The van der Waals surface area contributed by atoms with Crippen molar-refractivity contribution < 1.29 is 0 Å². The van der Waals surface area contributed by atoms with E-state index >= 15 is 0 Å². The Morgan fingerprint density at radius 3 is 0.955 bits per heavy atom. The lowest BCUT2D eigenvalue weighted by molar-refractivity contribution is 1.59. The molecule has 0 bridgehead atoms.